The van der Waals surface area contributed by atoms with Crippen molar-refractivity contribution in [1.82, 2.24) is 4.57 Å². The van der Waals surface area contributed by atoms with E-state index in [1.807, 2.05) is 24.3 Å². The lowest BCUT2D eigenvalue weighted by atomic mass is 10.0. The van der Waals surface area contributed by atoms with Crippen LogP contribution in [0.15, 0.2) is 59.5 Å². The number of fused-ring (bicyclic) bond motifs is 3. The summed E-state index contributed by atoms with van der Waals surface area (Å²) < 4.78 is 26.1. The summed E-state index contributed by atoms with van der Waals surface area (Å²) >= 11 is 0. The summed E-state index contributed by atoms with van der Waals surface area (Å²) in [6.07, 6.45) is 3.15. The summed E-state index contributed by atoms with van der Waals surface area (Å²) in [5.74, 6) is -0.482. The largest absolute Gasteiger partial charge is 0.366 e. The molecule has 0 aliphatic heterocycles. The Morgan fingerprint density at radius 2 is 1.83 bits per heavy atom. The molecule has 153 valence electrons. The zero-order chi connectivity index (χ0) is 21.5. The average Bonchev–Trinajstić information content (AvgIpc) is 3.01. The van der Waals surface area contributed by atoms with E-state index in [2.05, 4.69) is 23.6 Å². The third-order valence-corrected chi connectivity index (χ3v) is 6.44. The fourth-order valence-corrected chi connectivity index (χ4v) is 4.66. The Bertz CT molecular complexity index is 1380. The molecule has 30 heavy (non-hydrogen) atoms. The van der Waals surface area contributed by atoms with E-state index >= 15 is 0 Å². The highest BCUT2D eigenvalue weighted by molar-refractivity contribution is 7.90. The van der Waals surface area contributed by atoms with Crippen LogP contribution in [0.4, 0.5) is 0 Å². The number of aryl methyl sites for hydroxylation is 1. The highest BCUT2D eigenvalue weighted by Crippen LogP contribution is 2.33. The van der Waals surface area contributed by atoms with Gasteiger partial charge >= 0.3 is 0 Å². The number of hydrogen-bond donors (Lipinski definition) is 1. The summed E-state index contributed by atoms with van der Waals surface area (Å²) in [5.41, 5.74) is 9.96. The van der Waals surface area contributed by atoms with Crippen LogP contribution >= 0.6 is 0 Å². The minimum absolute atomic E-state index is 0.289. The lowest BCUT2D eigenvalue weighted by Crippen LogP contribution is -2.11. The first-order valence-electron chi connectivity index (χ1n) is 9.84. The monoisotopic (exact) mass is 419 g/mol. The number of amides is 1. The zero-order valence-corrected chi connectivity index (χ0v) is 17.8. The van der Waals surface area contributed by atoms with Crippen molar-refractivity contribution in [1.29, 1.82) is 0 Å². The van der Waals surface area contributed by atoms with Gasteiger partial charge < -0.3 is 10.3 Å². The smallest absolute Gasteiger partial charge is 0.249 e. The topological polar surface area (TPSA) is 82.2 Å². The van der Waals surface area contributed by atoms with E-state index in [0.717, 1.165) is 40.2 Å². The van der Waals surface area contributed by atoms with E-state index in [1.165, 1.54) is 11.8 Å². The fourth-order valence-electron chi connectivity index (χ4n) is 3.96. The SMILES string of the molecule is CCCc1c[c]c2c3c(C(N)=O)cccc3n(Cc3cccc(S(C)(=O)=O)c3)c2c1. The van der Waals surface area contributed by atoms with Gasteiger partial charge in [-0.25, -0.2) is 8.42 Å². The first-order chi connectivity index (χ1) is 14.3. The van der Waals surface area contributed by atoms with Gasteiger partial charge in [0.15, 0.2) is 9.84 Å². The van der Waals surface area contributed by atoms with E-state index in [4.69, 9.17) is 5.73 Å². The highest BCUT2D eigenvalue weighted by Gasteiger charge is 2.17. The van der Waals surface area contributed by atoms with Gasteiger partial charge in [0.25, 0.3) is 0 Å². The number of carbonyl (C=O) groups is 1. The Hall–Kier alpha value is -3.12. The van der Waals surface area contributed by atoms with Gasteiger partial charge in [-0.15, -0.1) is 0 Å². The van der Waals surface area contributed by atoms with Crippen LogP contribution in [-0.4, -0.2) is 25.1 Å². The van der Waals surface area contributed by atoms with Gasteiger partial charge in [0.1, 0.15) is 0 Å². The van der Waals surface area contributed by atoms with E-state index < -0.39 is 15.7 Å². The van der Waals surface area contributed by atoms with E-state index in [9.17, 15) is 13.2 Å². The van der Waals surface area contributed by atoms with Crippen molar-refractivity contribution in [2.45, 2.75) is 31.2 Å². The molecule has 1 aromatic heterocycles. The molecule has 2 N–H and O–H groups in total. The number of hydrogen-bond acceptors (Lipinski definition) is 3. The van der Waals surface area contributed by atoms with Crippen molar-refractivity contribution < 1.29 is 13.2 Å². The molecule has 0 aliphatic rings. The van der Waals surface area contributed by atoms with Crippen molar-refractivity contribution in [3.8, 4) is 0 Å². The number of carbonyl (C=O) groups excluding carboxylic acids is 1. The van der Waals surface area contributed by atoms with Gasteiger partial charge in [0.2, 0.25) is 5.91 Å². The predicted molar refractivity (Wildman–Crippen MR) is 119 cm³/mol. The number of nitrogens with two attached hydrogens (primary N) is 1. The molecule has 4 rings (SSSR count). The molecule has 1 amide bonds. The second-order valence-electron chi connectivity index (χ2n) is 7.59. The van der Waals surface area contributed by atoms with Crippen LogP contribution < -0.4 is 5.73 Å². The van der Waals surface area contributed by atoms with Crippen LogP contribution in [-0.2, 0) is 22.8 Å². The molecule has 0 spiro atoms. The molecule has 6 heteroatoms. The minimum Gasteiger partial charge on any atom is -0.366 e. The Morgan fingerprint density at radius 1 is 1.07 bits per heavy atom. The number of nitrogens with zero attached hydrogens (tertiary/aromatic N) is 1. The van der Waals surface area contributed by atoms with Crippen molar-refractivity contribution in [2.75, 3.05) is 6.26 Å². The maximum Gasteiger partial charge on any atom is 0.249 e. The normalized spacial score (nSPS) is 11.9. The van der Waals surface area contributed by atoms with Crippen molar-refractivity contribution in [3.63, 3.8) is 0 Å². The highest BCUT2D eigenvalue weighted by atomic mass is 32.2. The third-order valence-electron chi connectivity index (χ3n) is 5.33. The van der Waals surface area contributed by atoms with Gasteiger partial charge in [-0.05, 0) is 53.9 Å². The standard InChI is InChI=1S/C24H23N2O3S/c1-3-6-16-11-12-19-22(14-16)26(21-10-5-9-20(23(19)21)24(25)27)15-17-7-4-8-18(13-17)30(2,28)29/h4-5,7-11,13-14H,3,6,15H2,1-2H3,(H2,25,27). The fraction of sp³-hybridized carbons (Fsp3) is 0.208. The van der Waals surface area contributed by atoms with Gasteiger partial charge in [-0.1, -0.05) is 37.6 Å². The van der Waals surface area contributed by atoms with Crippen LogP contribution in [0.1, 0.15) is 34.8 Å². The third kappa shape index (κ3) is 3.59. The Balaban J connectivity index is 1.98. The number of sulfone groups is 1. The van der Waals surface area contributed by atoms with Crippen LogP contribution in [0.2, 0.25) is 0 Å². The minimum atomic E-state index is -3.30. The molecule has 0 unspecified atom stereocenters. The number of benzene rings is 3. The van der Waals surface area contributed by atoms with Crippen molar-refractivity contribution >= 4 is 37.6 Å². The summed E-state index contributed by atoms with van der Waals surface area (Å²) in [6, 6.07) is 19.9. The summed E-state index contributed by atoms with van der Waals surface area (Å²) in [7, 11) is -3.30. The van der Waals surface area contributed by atoms with Gasteiger partial charge in [-0.3, -0.25) is 4.79 Å². The van der Waals surface area contributed by atoms with Gasteiger partial charge in [0, 0.05) is 29.1 Å². The molecule has 3 aromatic carbocycles. The van der Waals surface area contributed by atoms with Crippen LogP contribution in [0.5, 0.6) is 0 Å². The van der Waals surface area contributed by atoms with Gasteiger partial charge in [0.05, 0.1) is 15.9 Å². The molecule has 1 heterocycles. The molecule has 0 fully saturated rings. The summed E-state index contributed by atoms with van der Waals surface area (Å²) in [4.78, 5) is 12.4. The number of rotatable bonds is 6. The molecule has 0 saturated carbocycles. The first kappa shape index (κ1) is 20.2. The Labute approximate surface area is 176 Å². The van der Waals surface area contributed by atoms with Crippen LogP contribution in [0, 0.1) is 6.07 Å². The molecule has 4 aromatic rings. The zero-order valence-electron chi connectivity index (χ0n) is 17.0. The molecule has 1 radical (unpaired) electrons. The van der Waals surface area contributed by atoms with E-state index in [0.29, 0.717) is 12.1 Å². The summed E-state index contributed by atoms with van der Waals surface area (Å²) in [6.45, 7) is 2.59. The van der Waals surface area contributed by atoms with E-state index in [1.54, 1.807) is 24.3 Å². The molecule has 0 bridgehead atoms. The molecule has 0 saturated heterocycles. The van der Waals surface area contributed by atoms with Crippen LogP contribution in [0.3, 0.4) is 0 Å². The maximum atomic E-state index is 12.1. The first-order valence-corrected chi connectivity index (χ1v) is 11.7. The molecule has 5 nitrogen and oxygen atoms in total. The van der Waals surface area contributed by atoms with Crippen LogP contribution in [0.25, 0.3) is 21.8 Å². The molecule has 0 atom stereocenters. The van der Waals surface area contributed by atoms with Crippen molar-refractivity contribution in [3.05, 3.63) is 77.4 Å². The van der Waals surface area contributed by atoms with Gasteiger partial charge in [-0.2, -0.15) is 0 Å². The second-order valence-corrected chi connectivity index (χ2v) is 9.60. The number of aromatic nitrogens is 1. The van der Waals surface area contributed by atoms with Crippen molar-refractivity contribution in [2.24, 2.45) is 5.73 Å². The lowest BCUT2D eigenvalue weighted by Gasteiger charge is -2.10. The molecular formula is C24H23N2O3S. The molecule has 0 aliphatic carbocycles. The Kier molecular flexibility index (Phi) is 5.12. The maximum absolute atomic E-state index is 12.1. The lowest BCUT2D eigenvalue weighted by molar-refractivity contribution is 0.100. The number of primary amides is 1. The predicted octanol–water partition coefficient (Wildman–Crippen LogP) is 4.10. The second kappa shape index (κ2) is 7.61. The summed E-state index contributed by atoms with van der Waals surface area (Å²) in [5, 5.41) is 1.63. The molecular weight excluding hydrogens is 396 g/mol. The Morgan fingerprint density at radius 3 is 2.53 bits per heavy atom. The quantitative estimate of drug-likeness (QED) is 0.511. The average molecular weight is 420 g/mol. The van der Waals surface area contributed by atoms with E-state index in [-0.39, 0.29) is 4.90 Å².